The Morgan fingerprint density at radius 2 is 1.65 bits per heavy atom. The third-order valence-electron chi connectivity index (χ3n) is 6.19. The number of hydrogen-bond acceptors (Lipinski definition) is 3. The van der Waals surface area contributed by atoms with Gasteiger partial charge in [0.2, 0.25) is 11.8 Å². The fourth-order valence-corrected chi connectivity index (χ4v) is 4.38. The highest BCUT2D eigenvalue weighted by Gasteiger charge is 2.38. The van der Waals surface area contributed by atoms with E-state index in [0.717, 1.165) is 24.8 Å². The highest BCUT2D eigenvalue weighted by atomic mass is 16.2. The molecule has 0 bridgehead atoms. The molecule has 5 nitrogen and oxygen atoms in total. The lowest BCUT2D eigenvalue weighted by molar-refractivity contribution is -0.145. The molecule has 3 rings (SSSR count). The molecule has 2 fully saturated rings. The van der Waals surface area contributed by atoms with Crippen LogP contribution >= 0.6 is 0 Å². The predicted molar refractivity (Wildman–Crippen MR) is 103 cm³/mol. The first kappa shape index (κ1) is 18.9. The van der Waals surface area contributed by atoms with Gasteiger partial charge in [-0.3, -0.25) is 9.59 Å². The van der Waals surface area contributed by atoms with Crippen molar-refractivity contribution in [1.29, 1.82) is 0 Å². The van der Waals surface area contributed by atoms with E-state index in [4.69, 9.17) is 5.73 Å². The zero-order chi connectivity index (χ0) is 18.7. The van der Waals surface area contributed by atoms with Gasteiger partial charge in [0.05, 0.1) is 5.41 Å². The van der Waals surface area contributed by atoms with Crippen LogP contribution < -0.4 is 5.73 Å². The summed E-state index contributed by atoms with van der Waals surface area (Å²) in [7, 11) is 0. The van der Waals surface area contributed by atoms with Gasteiger partial charge in [0.15, 0.2) is 0 Å². The maximum atomic E-state index is 13.1. The summed E-state index contributed by atoms with van der Waals surface area (Å²) in [6, 6.07) is 9.91. The molecule has 2 aliphatic rings. The summed E-state index contributed by atoms with van der Waals surface area (Å²) in [5, 5.41) is 0. The Morgan fingerprint density at radius 3 is 2.27 bits per heavy atom. The molecule has 0 radical (unpaired) electrons. The smallest absolute Gasteiger partial charge is 0.232 e. The normalized spacial score (nSPS) is 24.0. The van der Waals surface area contributed by atoms with Gasteiger partial charge in [0.1, 0.15) is 0 Å². The van der Waals surface area contributed by atoms with Crippen LogP contribution in [0, 0.1) is 11.8 Å². The lowest BCUT2D eigenvalue weighted by Gasteiger charge is -2.40. The molecule has 1 aliphatic carbocycles. The second-order valence-electron chi connectivity index (χ2n) is 8.14. The van der Waals surface area contributed by atoms with Crippen molar-refractivity contribution in [2.75, 3.05) is 32.7 Å². The number of carbonyl (C=O) groups is 2. The molecule has 1 aromatic rings. The molecule has 1 heterocycles. The Kier molecular flexibility index (Phi) is 5.66. The third-order valence-corrected chi connectivity index (χ3v) is 6.19. The summed E-state index contributed by atoms with van der Waals surface area (Å²) < 4.78 is 0. The maximum absolute atomic E-state index is 13.1. The standard InChI is InChI=1S/C21H31N3O2/c1-21(2,17-8-4-3-5-9-17)20(26)24-13-11-23(12-14-24)19(25)18-10-6-7-16(18)15-22/h3-5,8-9,16,18H,6-7,10-15,22H2,1-2H3/t16-,18-/m1/s1. The van der Waals surface area contributed by atoms with Gasteiger partial charge in [0, 0.05) is 32.1 Å². The number of benzene rings is 1. The summed E-state index contributed by atoms with van der Waals surface area (Å²) in [5.41, 5.74) is 6.31. The predicted octanol–water partition coefficient (Wildman–Crippen LogP) is 2.01. The van der Waals surface area contributed by atoms with Crippen molar-refractivity contribution in [1.82, 2.24) is 9.80 Å². The van der Waals surface area contributed by atoms with E-state index in [0.29, 0.717) is 38.6 Å². The molecular formula is C21H31N3O2. The molecule has 5 heteroatoms. The van der Waals surface area contributed by atoms with Gasteiger partial charge >= 0.3 is 0 Å². The summed E-state index contributed by atoms with van der Waals surface area (Å²) >= 11 is 0. The molecule has 0 aromatic heterocycles. The number of piperazine rings is 1. The Balaban J connectivity index is 1.60. The zero-order valence-corrected chi connectivity index (χ0v) is 16.0. The highest BCUT2D eigenvalue weighted by Crippen LogP contribution is 2.33. The number of nitrogens with zero attached hydrogens (tertiary/aromatic N) is 2. The molecule has 2 amide bonds. The van der Waals surface area contributed by atoms with Crippen LogP contribution in [0.2, 0.25) is 0 Å². The molecule has 2 atom stereocenters. The average molecular weight is 357 g/mol. The third kappa shape index (κ3) is 3.63. The highest BCUT2D eigenvalue weighted by molar-refractivity contribution is 5.88. The van der Waals surface area contributed by atoms with Crippen LogP contribution in [0.1, 0.15) is 38.7 Å². The zero-order valence-electron chi connectivity index (χ0n) is 16.0. The molecule has 1 aliphatic heterocycles. The van der Waals surface area contributed by atoms with E-state index >= 15 is 0 Å². The topological polar surface area (TPSA) is 66.6 Å². The lowest BCUT2D eigenvalue weighted by Crippen LogP contribution is -2.55. The molecule has 1 saturated carbocycles. The van der Waals surface area contributed by atoms with Gasteiger partial charge in [0.25, 0.3) is 0 Å². The monoisotopic (exact) mass is 357 g/mol. The van der Waals surface area contributed by atoms with Crippen LogP contribution in [0.5, 0.6) is 0 Å². The van der Waals surface area contributed by atoms with Crippen LogP contribution in [-0.4, -0.2) is 54.3 Å². The van der Waals surface area contributed by atoms with E-state index in [2.05, 4.69) is 0 Å². The molecule has 1 aromatic carbocycles. The first-order chi connectivity index (χ1) is 12.4. The van der Waals surface area contributed by atoms with E-state index in [1.54, 1.807) is 0 Å². The SMILES string of the molecule is CC(C)(C(=O)N1CCN(C(=O)[C@@H]2CCC[C@@H]2CN)CC1)c1ccccc1. The minimum Gasteiger partial charge on any atom is -0.339 e. The Hall–Kier alpha value is -1.88. The number of nitrogens with two attached hydrogens (primary N) is 1. The van der Waals surface area contributed by atoms with Crippen molar-refractivity contribution in [2.24, 2.45) is 17.6 Å². The summed E-state index contributed by atoms with van der Waals surface area (Å²) in [6.45, 7) is 7.04. The largest absolute Gasteiger partial charge is 0.339 e. The molecule has 142 valence electrons. The van der Waals surface area contributed by atoms with Gasteiger partial charge < -0.3 is 15.5 Å². The average Bonchev–Trinajstić information content (AvgIpc) is 3.16. The molecule has 0 unspecified atom stereocenters. The van der Waals surface area contributed by atoms with Crippen molar-refractivity contribution in [3.8, 4) is 0 Å². The summed E-state index contributed by atoms with van der Waals surface area (Å²) in [4.78, 5) is 29.7. The minimum absolute atomic E-state index is 0.0861. The number of rotatable bonds is 4. The minimum atomic E-state index is -0.552. The fourth-order valence-electron chi connectivity index (χ4n) is 4.38. The molecule has 2 N–H and O–H groups in total. The lowest BCUT2D eigenvalue weighted by atomic mass is 9.83. The van der Waals surface area contributed by atoms with Crippen LogP contribution in [0.25, 0.3) is 0 Å². The van der Waals surface area contributed by atoms with Crippen LogP contribution in [0.3, 0.4) is 0 Å². The van der Waals surface area contributed by atoms with Crippen molar-refractivity contribution in [2.45, 2.75) is 38.5 Å². The van der Waals surface area contributed by atoms with Crippen LogP contribution in [0.4, 0.5) is 0 Å². The van der Waals surface area contributed by atoms with E-state index in [-0.39, 0.29) is 17.7 Å². The number of carbonyl (C=O) groups excluding carboxylic acids is 2. The quantitative estimate of drug-likeness (QED) is 0.896. The van der Waals surface area contributed by atoms with Gasteiger partial charge in [-0.05, 0) is 44.7 Å². The van der Waals surface area contributed by atoms with Gasteiger partial charge in [-0.15, -0.1) is 0 Å². The Morgan fingerprint density at radius 1 is 1.04 bits per heavy atom. The van der Waals surface area contributed by atoms with Crippen molar-refractivity contribution in [3.05, 3.63) is 35.9 Å². The van der Waals surface area contributed by atoms with Crippen LogP contribution in [-0.2, 0) is 15.0 Å². The van der Waals surface area contributed by atoms with Gasteiger partial charge in [-0.2, -0.15) is 0 Å². The number of hydrogen-bond donors (Lipinski definition) is 1. The number of amides is 2. The van der Waals surface area contributed by atoms with E-state index in [9.17, 15) is 9.59 Å². The van der Waals surface area contributed by atoms with E-state index in [1.165, 1.54) is 0 Å². The van der Waals surface area contributed by atoms with E-state index in [1.807, 2.05) is 54.0 Å². The second-order valence-corrected chi connectivity index (χ2v) is 8.14. The first-order valence-corrected chi connectivity index (χ1v) is 9.79. The molecule has 26 heavy (non-hydrogen) atoms. The van der Waals surface area contributed by atoms with E-state index < -0.39 is 5.41 Å². The molecular weight excluding hydrogens is 326 g/mol. The first-order valence-electron chi connectivity index (χ1n) is 9.79. The Bertz CT molecular complexity index is 636. The molecule has 1 saturated heterocycles. The Labute approximate surface area is 156 Å². The van der Waals surface area contributed by atoms with Gasteiger partial charge in [-0.1, -0.05) is 36.8 Å². The molecule has 0 spiro atoms. The van der Waals surface area contributed by atoms with Crippen molar-refractivity contribution in [3.63, 3.8) is 0 Å². The van der Waals surface area contributed by atoms with Crippen molar-refractivity contribution < 1.29 is 9.59 Å². The van der Waals surface area contributed by atoms with Crippen LogP contribution in [0.15, 0.2) is 30.3 Å². The van der Waals surface area contributed by atoms with Gasteiger partial charge in [-0.25, -0.2) is 0 Å². The fraction of sp³-hybridized carbons (Fsp3) is 0.619. The second kappa shape index (κ2) is 7.78. The maximum Gasteiger partial charge on any atom is 0.232 e. The summed E-state index contributed by atoms with van der Waals surface area (Å²) in [6.07, 6.45) is 3.12. The summed E-state index contributed by atoms with van der Waals surface area (Å²) in [5.74, 6) is 0.797. The van der Waals surface area contributed by atoms with Crippen molar-refractivity contribution >= 4 is 11.8 Å².